The molecule has 86 valence electrons. The lowest BCUT2D eigenvalue weighted by molar-refractivity contribution is 0.475. The van der Waals surface area contributed by atoms with E-state index in [2.05, 4.69) is 36.1 Å². The molecule has 0 amide bonds. The molecule has 0 fully saturated rings. The Hall–Kier alpha value is -1.01. The molecule has 0 saturated carbocycles. The molecule has 0 spiro atoms. The quantitative estimate of drug-likeness (QED) is 0.856. The van der Waals surface area contributed by atoms with Crippen LogP contribution in [0.1, 0.15) is 19.5 Å². The summed E-state index contributed by atoms with van der Waals surface area (Å²) in [6.07, 6.45) is 0. The summed E-state index contributed by atoms with van der Waals surface area (Å²) in [5.41, 5.74) is 2.06. The molecule has 1 N–H and O–H groups in total. The lowest BCUT2D eigenvalue weighted by atomic mass is 10.2. The third-order valence-electron chi connectivity index (χ3n) is 2.18. The average Bonchev–Trinajstić information content (AvgIpc) is 2.74. The molecular weight excluding hydrogens is 240 g/mol. The Bertz CT molecular complexity index is 535. The highest BCUT2D eigenvalue weighted by Crippen LogP contribution is 2.21. The van der Waals surface area contributed by atoms with E-state index >= 15 is 0 Å². The summed E-state index contributed by atoms with van der Waals surface area (Å²) < 4.78 is 2.70. The molecule has 6 heteroatoms. The second-order valence-corrected chi connectivity index (χ2v) is 5.83. The Morgan fingerprint density at radius 2 is 2.31 bits per heavy atom. The normalized spacial score (nSPS) is 11.2. The van der Waals surface area contributed by atoms with E-state index in [1.807, 2.05) is 10.7 Å². The molecule has 0 aliphatic heterocycles. The Labute approximate surface area is 103 Å². The zero-order valence-corrected chi connectivity index (χ0v) is 11.2. The van der Waals surface area contributed by atoms with E-state index in [1.54, 1.807) is 0 Å². The topological polar surface area (TPSA) is 46.5 Å². The zero-order valence-electron chi connectivity index (χ0n) is 9.52. The minimum atomic E-state index is 0.587. The van der Waals surface area contributed by atoms with Gasteiger partial charge in [0, 0.05) is 12.2 Å². The number of hydrogen-bond acceptors (Lipinski definition) is 4. The predicted molar refractivity (Wildman–Crippen MR) is 68.1 cm³/mol. The van der Waals surface area contributed by atoms with Crippen LogP contribution in [-0.4, -0.2) is 20.0 Å². The monoisotopic (exact) mass is 254 g/mol. The van der Waals surface area contributed by atoms with Gasteiger partial charge in [-0.05, 0) is 31.1 Å². The van der Waals surface area contributed by atoms with Crippen LogP contribution in [0.15, 0.2) is 6.07 Å². The van der Waals surface area contributed by atoms with Gasteiger partial charge in [0.2, 0.25) is 0 Å². The van der Waals surface area contributed by atoms with Crippen LogP contribution in [0.25, 0.3) is 10.7 Å². The number of rotatable bonds is 3. The average molecular weight is 254 g/mol. The summed E-state index contributed by atoms with van der Waals surface area (Å²) >= 11 is 6.46. The summed E-state index contributed by atoms with van der Waals surface area (Å²) in [6, 6.07) is 2.05. The molecule has 16 heavy (non-hydrogen) atoms. The number of nitrogens with one attached hydrogen (secondary N) is 1. The first-order chi connectivity index (χ1) is 7.56. The highest BCUT2D eigenvalue weighted by molar-refractivity contribution is 7.73. The van der Waals surface area contributed by atoms with Crippen molar-refractivity contribution in [3.05, 3.63) is 15.7 Å². The van der Waals surface area contributed by atoms with Crippen LogP contribution in [0.4, 0.5) is 0 Å². The number of aryl methyl sites for hydroxylation is 1. The first-order valence-electron chi connectivity index (χ1n) is 5.16. The number of aromatic amines is 1. The van der Waals surface area contributed by atoms with Gasteiger partial charge in [0.15, 0.2) is 8.96 Å². The highest BCUT2D eigenvalue weighted by Gasteiger charge is 2.10. The Morgan fingerprint density at radius 1 is 1.56 bits per heavy atom. The van der Waals surface area contributed by atoms with Crippen molar-refractivity contribution in [2.24, 2.45) is 5.92 Å². The minimum absolute atomic E-state index is 0.587. The molecule has 2 heterocycles. The van der Waals surface area contributed by atoms with Crippen molar-refractivity contribution in [3.8, 4) is 10.7 Å². The molecule has 0 aliphatic rings. The van der Waals surface area contributed by atoms with Crippen molar-refractivity contribution in [3.63, 3.8) is 0 Å². The maximum Gasteiger partial charge on any atom is 0.176 e. The lowest BCUT2D eigenvalue weighted by Crippen LogP contribution is -2.07. The zero-order chi connectivity index (χ0) is 11.7. The number of H-pyrrole nitrogens is 1. The van der Waals surface area contributed by atoms with E-state index in [4.69, 9.17) is 12.2 Å². The van der Waals surface area contributed by atoms with Gasteiger partial charge in [-0.1, -0.05) is 25.2 Å². The third kappa shape index (κ3) is 2.38. The molecule has 0 radical (unpaired) electrons. The van der Waals surface area contributed by atoms with Gasteiger partial charge in [0.05, 0.1) is 0 Å². The number of hydrogen-bond donors (Lipinski definition) is 1. The molecule has 0 aliphatic carbocycles. The fourth-order valence-corrected chi connectivity index (χ4v) is 2.33. The van der Waals surface area contributed by atoms with E-state index in [0.29, 0.717) is 9.87 Å². The summed E-state index contributed by atoms with van der Waals surface area (Å²) in [6.45, 7) is 7.35. The van der Waals surface area contributed by atoms with Crippen LogP contribution in [0, 0.1) is 16.8 Å². The summed E-state index contributed by atoms with van der Waals surface area (Å²) in [7, 11) is 0. The van der Waals surface area contributed by atoms with Gasteiger partial charge in [-0.3, -0.25) is 9.78 Å². The van der Waals surface area contributed by atoms with Crippen LogP contribution in [0.3, 0.4) is 0 Å². The van der Waals surface area contributed by atoms with E-state index in [-0.39, 0.29) is 0 Å². The van der Waals surface area contributed by atoms with E-state index in [1.165, 1.54) is 11.3 Å². The van der Waals surface area contributed by atoms with Crippen molar-refractivity contribution in [2.75, 3.05) is 0 Å². The highest BCUT2D eigenvalue weighted by atomic mass is 32.1. The van der Waals surface area contributed by atoms with Gasteiger partial charge in [-0.25, -0.2) is 0 Å². The summed E-state index contributed by atoms with van der Waals surface area (Å²) in [5, 5.41) is 12.3. The molecule has 2 aromatic rings. The number of nitrogens with zero attached hydrogens (tertiary/aromatic N) is 3. The molecule has 2 aromatic heterocycles. The molecular formula is C10H14N4S2. The van der Waals surface area contributed by atoms with Crippen molar-refractivity contribution >= 4 is 23.6 Å². The molecule has 0 aromatic carbocycles. The lowest BCUT2D eigenvalue weighted by Gasteiger charge is -2.06. The molecule has 2 rings (SSSR count). The standard InChI is InChI=1S/C10H14N4S2/c1-6(2)5-14-7(3)4-8(13-14)9-11-12-10(15)16-9/h4,6H,5H2,1-3H3,(H,12,15). The van der Waals surface area contributed by atoms with Crippen molar-refractivity contribution in [2.45, 2.75) is 27.3 Å². The van der Waals surface area contributed by atoms with Crippen molar-refractivity contribution in [1.29, 1.82) is 0 Å². The van der Waals surface area contributed by atoms with Crippen LogP contribution >= 0.6 is 23.6 Å². The predicted octanol–water partition coefficient (Wildman–Crippen LogP) is 3.03. The van der Waals surface area contributed by atoms with E-state index in [0.717, 1.165) is 22.9 Å². The van der Waals surface area contributed by atoms with Crippen LogP contribution < -0.4 is 0 Å². The molecule has 0 bridgehead atoms. The van der Waals surface area contributed by atoms with Crippen molar-refractivity contribution < 1.29 is 0 Å². The van der Waals surface area contributed by atoms with E-state index in [9.17, 15) is 0 Å². The van der Waals surface area contributed by atoms with Gasteiger partial charge >= 0.3 is 0 Å². The second-order valence-electron chi connectivity index (χ2n) is 4.17. The maximum absolute atomic E-state index is 5.01. The Balaban J connectivity index is 2.34. The SMILES string of the molecule is Cc1cc(-c2n[nH]c(=S)s2)nn1CC(C)C. The molecule has 0 saturated heterocycles. The van der Waals surface area contributed by atoms with Crippen LogP contribution in [-0.2, 0) is 6.54 Å². The largest absolute Gasteiger partial charge is 0.269 e. The third-order valence-corrected chi connectivity index (χ3v) is 3.29. The fourth-order valence-electron chi connectivity index (χ4n) is 1.48. The van der Waals surface area contributed by atoms with Gasteiger partial charge in [-0.15, -0.1) is 0 Å². The first kappa shape index (κ1) is 11.5. The van der Waals surface area contributed by atoms with Crippen LogP contribution in [0.5, 0.6) is 0 Å². The second kappa shape index (κ2) is 4.47. The number of aromatic nitrogens is 4. The fraction of sp³-hybridized carbons (Fsp3) is 0.500. The van der Waals surface area contributed by atoms with Crippen molar-refractivity contribution in [1.82, 2.24) is 20.0 Å². The summed E-state index contributed by atoms with van der Waals surface area (Å²) in [5.74, 6) is 0.587. The van der Waals surface area contributed by atoms with Gasteiger partial charge in [0.1, 0.15) is 5.69 Å². The smallest absolute Gasteiger partial charge is 0.176 e. The van der Waals surface area contributed by atoms with Gasteiger partial charge in [-0.2, -0.15) is 10.2 Å². The summed E-state index contributed by atoms with van der Waals surface area (Å²) in [4.78, 5) is 0. The minimum Gasteiger partial charge on any atom is -0.269 e. The Morgan fingerprint density at radius 3 is 2.88 bits per heavy atom. The first-order valence-corrected chi connectivity index (χ1v) is 6.39. The Kier molecular flexibility index (Phi) is 3.20. The molecule has 4 nitrogen and oxygen atoms in total. The van der Waals surface area contributed by atoms with Crippen LogP contribution in [0.2, 0.25) is 0 Å². The maximum atomic E-state index is 5.01. The van der Waals surface area contributed by atoms with E-state index < -0.39 is 0 Å². The molecule has 0 atom stereocenters. The molecule has 0 unspecified atom stereocenters. The van der Waals surface area contributed by atoms with Gasteiger partial charge < -0.3 is 0 Å². The van der Waals surface area contributed by atoms with Gasteiger partial charge in [0.25, 0.3) is 0 Å².